The molecule has 1 rings (SSSR count). The van der Waals surface area contributed by atoms with Gasteiger partial charge < -0.3 is 20.7 Å². The van der Waals surface area contributed by atoms with Gasteiger partial charge in [0.2, 0.25) is 0 Å². The van der Waals surface area contributed by atoms with Gasteiger partial charge in [-0.3, -0.25) is 4.99 Å². The average molecular weight is 332 g/mol. The van der Waals surface area contributed by atoms with Gasteiger partial charge in [0.05, 0.1) is 5.69 Å². The number of para-hydroxylation sites is 2. The second-order valence-corrected chi connectivity index (χ2v) is 4.82. The third kappa shape index (κ3) is 7.73. The lowest BCUT2D eigenvalue weighted by Crippen LogP contribution is -2.26. The van der Waals surface area contributed by atoms with Crippen molar-refractivity contribution >= 4 is 11.6 Å². The summed E-state index contributed by atoms with van der Waals surface area (Å²) in [6.07, 6.45) is -3.93. The molecule has 0 fully saturated rings. The standard InChI is InChI=1S/C15H23F3N4O/c1-3-22(4-2)11-7-10-20-14(19)21-12-8-5-6-9-13(12)23-15(16,17)18/h5-6,8-9H,3-4,7,10-11H2,1-2H3,(H3,19,20,21). The van der Waals surface area contributed by atoms with E-state index in [1.54, 1.807) is 6.07 Å². The topological polar surface area (TPSA) is 62.9 Å². The summed E-state index contributed by atoms with van der Waals surface area (Å²) in [6, 6.07) is 5.69. The van der Waals surface area contributed by atoms with E-state index < -0.39 is 6.36 Å². The molecule has 23 heavy (non-hydrogen) atoms. The molecular formula is C15H23F3N4O. The molecule has 0 aliphatic heterocycles. The van der Waals surface area contributed by atoms with Crippen molar-refractivity contribution in [1.82, 2.24) is 4.90 Å². The Labute approximate surface area is 134 Å². The molecule has 0 aromatic heterocycles. The van der Waals surface area contributed by atoms with Crippen LogP contribution in [0.15, 0.2) is 29.3 Å². The number of nitrogens with zero attached hydrogens (tertiary/aromatic N) is 2. The first-order chi connectivity index (χ1) is 10.9. The highest BCUT2D eigenvalue weighted by Gasteiger charge is 2.32. The summed E-state index contributed by atoms with van der Waals surface area (Å²) < 4.78 is 40.9. The lowest BCUT2D eigenvalue weighted by Gasteiger charge is -2.17. The number of hydrogen-bond donors (Lipinski definition) is 2. The number of alkyl halides is 3. The van der Waals surface area contributed by atoms with Gasteiger partial charge in [0, 0.05) is 6.54 Å². The molecule has 0 heterocycles. The minimum absolute atomic E-state index is 0.0581. The van der Waals surface area contributed by atoms with Crippen LogP contribution in [0.2, 0.25) is 0 Å². The average Bonchev–Trinajstić information content (AvgIpc) is 2.48. The van der Waals surface area contributed by atoms with Crippen LogP contribution in [0.4, 0.5) is 18.9 Å². The van der Waals surface area contributed by atoms with Crippen LogP contribution in [0.25, 0.3) is 0 Å². The molecule has 130 valence electrons. The van der Waals surface area contributed by atoms with E-state index in [1.165, 1.54) is 18.2 Å². The molecule has 0 saturated heterocycles. The van der Waals surface area contributed by atoms with Crippen LogP contribution in [-0.2, 0) is 0 Å². The smallest absolute Gasteiger partial charge is 0.404 e. The Morgan fingerprint density at radius 1 is 1.26 bits per heavy atom. The lowest BCUT2D eigenvalue weighted by molar-refractivity contribution is -0.274. The third-order valence-corrected chi connectivity index (χ3v) is 3.18. The predicted octanol–water partition coefficient (Wildman–Crippen LogP) is 3.04. The molecule has 3 N–H and O–H groups in total. The van der Waals surface area contributed by atoms with Crippen molar-refractivity contribution in [3.8, 4) is 5.75 Å². The van der Waals surface area contributed by atoms with Gasteiger partial charge >= 0.3 is 6.36 Å². The van der Waals surface area contributed by atoms with Crippen LogP contribution in [0, 0.1) is 0 Å². The fourth-order valence-corrected chi connectivity index (χ4v) is 1.99. The van der Waals surface area contributed by atoms with Crippen LogP contribution in [-0.4, -0.2) is 43.4 Å². The Bertz CT molecular complexity index is 502. The number of anilines is 1. The minimum atomic E-state index is -4.76. The maximum atomic E-state index is 12.3. The SMILES string of the molecule is CCN(CC)CCCN=C(N)Nc1ccccc1OC(F)(F)F. The summed E-state index contributed by atoms with van der Waals surface area (Å²) >= 11 is 0. The minimum Gasteiger partial charge on any atom is -0.404 e. The summed E-state index contributed by atoms with van der Waals surface area (Å²) in [5.74, 6) is -0.288. The molecule has 0 radical (unpaired) electrons. The second-order valence-electron chi connectivity index (χ2n) is 4.82. The molecule has 8 heteroatoms. The highest BCUT2D eigenvalue weighted by atomic mass is 19.4. The molecule has 0 atom stereocenters. The van der Waals surface area contributed by atoms with Crippen molar-refractivity contribution in [2.45, 2.75) is 26.6 Å². The summed E-state index contributed by atoms with van der Waals surface area (Å²) in [6.45, 7) is 7.50. The van der Waals surface area contributed by atoms with Gasteiger partial charge in [-0.05, 0) is 38.2 Å². The Morgan fingerprint density at radius 3 is 2.52 bits per heavy atom. The second kappa shape index (κ2) is 9.24. The van der Waals surface area contributed by atoms with E-state index >= 15 is 0 Å². The maximum Gasteiger partial charge on any atom is 0.573 e. The van der Waals surface area contributed by atoms with Crippen molar-refractivity contribution < 1.29 is 17.9 Å². The zero-order chi connectivity index (χ0) is 17.3. The Kier molecular flexibility index (Phi) is 7.67. The van der Waals surface area contributed by atoms with Gasteiger partial charge in [-0.1, -0.05) is 26.0 Å². The van der Waals surface area contributed by atoms with Gasteiger partial charge in [0.15, 0.2) is 11.7 Å². The number of ether oxygens (including phenoxy) is 1. The third-order valence-electron chi connectivity index (χ3n) is 3.18. The van der Waals surface area contributed by atoms with Crippen molar-refractivity contribution in [2.24, 2.45) is 10.7 Å². The largest absolute Gasteiger partial charge is 0.573 e. The molecule has 1 aromatic rings. The van der Waals surface area contributed by atoms with E-state index in [0.29, 0.717) is 6.54 Å². The maximum absolute atomic E-state index is 12.3. The van der Waals surface area contributed by atoms with E-state index in [9.17, 15) is 13.2 Å². The molecule has 0 aliphatic rings. The van der Waals surface area contributed by atoms with E-state index in [1.807, 2.05) is 0 Å². The fourth-order valence-electron chi connectivity index (χ4n) is 1.99. The van der Waals surface area contributed by atoms with Crippen LogP contribution >= 0.6 is 0 Å². The van der Waals surface area contributed by atoms with Crippen molar-refractivity contribution in [3.63, 3.8) is 0 Å². The number of halogens is 3. The van der Waals surface area contributed by atoms with Gasteiger partial charge in [-0.15, -0.1) is 13.2 Å². The number of nitrogens with one attached hydrogen (secondary N) is 1. The van der Waals surface area contributed by atoms with Crippen LogP contribution in [0.1, 0.15) is 20.3 Å². The van der Waals surface area contributed by atoms with Crippen molar-refractivity contribution in [3.05, 3.63) is 24.3 Å². The van der Waals surface area contributed by atoms with Gasteiger partial charge in [0.25, 0.3) is 0 Å². The number of hydrogen-bond acceptors (Lipinski definition) is 3. The Morgan fingerprint density at radius 2 is 1.91 bits per heavy atom. The van der Waals surface area contributed by atoms with Crippen LogP contribution < -0.4 is 15.8 Å². The predicted molar refractivity (Wildman–Crippen MR) is 85.6 cm³/mol. The highest BCUT2D eigenvalue weighted by molar-refractivity contribution is 5.93. The van der Waals surface area contributed by atoms with Crippen LogP contribution in [0.5, 0.6) is 5.75 Å². The molecule has 0 amide bonds. The zero-order valence-electron chi connectivity index (χ0n) is 13.4. The highest BCUT2D eigenvalue weighted by Crippen LogP contribution is 2.29. The number of rotatable bonds is 8. The molecule has 0 bridgehead atoms. The summed E-state index contributed by atoms with van der Waals surface area (Å²) in [5, 5.41) is 2.64. The summed E-state index contributed by atoms with van der Waals surface area (Å²) in [4.78, 5) is 6.37. The Balaban J connectivity index is 2.56. The number of benzene rings is 1. The normalized spacial score (nSPS) is 12.5. The van der Waals surface area contributed by atoms with E-state index in [2.05, 4.69) is 33.8 Å². The number of guanidine groups is 1. The van der Waals surface area contributed by atoms with E-state index in [0.717, 1.165) is 26.1 Å². The first-order valence-electron chi connectivity index (χ1n) is 7.49. The molecule has 0 saturated carbocycles. The van der Waals surface area contributed by atoms with Gasteiger partial charge in [-0.2, -0.15) is 0 Å². The van der Waals surface area contributed by atoms with Gasteiger partial charge in [0.1, 0.15) is 0 Å². The molecule has 0 aliphatic carbocycles. The molecule has 1 aromatic carbocycles. The quantitative estimate of drug-likeness (QED) is 0.436. The first-order valence-corrected chi connectivity index (χ1v) is 7.49. The lowest BCUT2D eigenvalue weighted by atomic mass is 10.3. The van der Waals surface area contributed by atoms with Crippen molar-refractivity contribution in [1.29, 1.82) is 0 Å². The van der Waals surface area contributed by atoms with Crippen molar-refractivity contribution in [2.75, 3.05) is 31.5 Å². The van der Waals surface area contributed by atoms with E-state index in [4.69, 9.17) is 5.73 Å². The number of nitrogens with two attached hydrogens (primary N) is 1. The summed E-state index contributed by atoms with van der Waals surface area (Å²) in [7, 11) is 0. The molecule has 0 spiro atoms. The fraction of sp³-hybridized carbons (Fsp3) is 0.533. The van der Waals surface area contributed by atoms with E-state index in [-0.39, 0.29) is 17.4 Å². The number of aliphatic imine (C=N–C) groups is 1. The van der Waals surface area contributed by atoms with Gasteiger partial charge in [-0.25, -0.2) is 0 Å². The Hall–Kier alpha value is -1.96. The monoisotopic (exact) mass is 332 g/mol. The first kappa shape index (κ1) is 19.1. The molecule has 0 unspecified atom stereocenters. The molecular weight excluding hydrogens is 309 g/mol. The summed E-state index contributed by atoms with van der Waals surface area (Å²) in [5.41, 5.74) is 5.83. The zero-order valence-corrected chi connectivity index (χ0v) is 13.4. The molecule has 5 nitrogen and oxygen atoms in total. The van der Waals surface area contributed by atoms with Crippen LogP contribution in [0.3, 0.4) is 0 Å².